The number of ether oxygens (including phenoxy) is 9. The van der Waals surface area contributed by atoms with Gasteiger partial charge in [0.15, 0.2) is 0 Å². The molecule has 0 spiro atoms. The Labute approximate surface area is 578 Å². The Morgan fingerprint density at radius 2 is 1.11 bits per heavy atom. The zero-order valence-corrected chi connectivity index (χ0v) is 61.4. The number of carbonyl (C=O) groups is 3. The van der Waals surface area contributed by atoms with Crippen LogP contribution in [0.5, 0.6) is 0 Å². The van der Waals surface area contributed by atoms with Gasteiger partial charge in [-0.3, -0.25) is 14.5 Å². The zero-order chi connectivity index (χ0) is 69.0. The van der Waals surface area contributed by atoms with Crippen molar-refractivity contribution < 1.29 is 66.6 Å². The highest BCUT2D eigenvalue weighted by Gasteiger charge is 2.63. The van der Waals surface area contributed by atoms with E-state index in [1.807, 2.05) is 107 Å². The predicted octanol–water partition coefficient (Wildman–Crippen LogP) is 11.6. The molecule has 1 amide bonds. The number of hydrogen-bond donors (Lipinski definition) is 2. The quantitative estimate of drug-likeness (QED) is 0.0954. The van der Waals surface area contributed by atoms with Crippen LogP contribution in [0.2, 0.25) is 10.1 Å². The SMILES string of the molecule is C=C1C(C)CC2CC[C@@H]3OC(CCC(=O)CC4OC5C(CC(C)(C)[Si](O)(c6ccccc6)c6ccccc6)[C@H]6OC(CCC6O[C@H]5C4CC(C)(C)[Si](O)(c4ccccc4)c4ccccc4)CC(=O)CC4[C@H](CC1O2)O[C@H](CC1CN(C(=O)OC(C)(C)C)C(C)(C)O1)[C@@H]4OC)CC3=C. The molecule has 526 valence electrons. The van der Waals surface area contributed by atoms with Gasteiger partial charge in [0.1, 0.15) is 22.9 Å². The highest BCUT2D eigenvalue weighted by atomic mass is 28.4. The van der Waals surface area contributed by atoms with Crippen LogP contribution in [-0.2, 0) is 52.2 Å². The minimum absolute atomic E-state index is 0.0299. The molecule has 12 unspecified atom stereocenters. The molecule has 4 aromatic rings. The van der Waals surface area contributed by atoms with Crippen LogP contribution in [0, 0.1) is 23.7 Å². The van der Waals surface area contributed by atoms with Gasteiger partial charge in [-0.2, -0.15) is 0 Å². The normalized spacial score (nSPS) is 34.0. The van der Waals surface area contributed by atoms with E-state index in [0.717, 1.165) is 51.2 Å². The molecule has 0 radical (unpaired) electrons. The summed E-state index contributed by atoms with van der Waals surface area (Å²) in [5, 5.41) is 2.11. The molecule has 12 rings (SSSR count). The van der Waals surface area contributed by atoms with Gasteiger partial charge in [0.2, 0.25) is 0 Å². The molecule has 8 bridgehead atoms. The third-order valence-electron chi connectivity index (χ3n) is 23.5. The van der Waals surface area contributed by atoms with Crippen molar-refractivity contribution in [1.82, 2.24) is 4.90 Å². The number of nitrogens with zero attached hydrogens (tertiary/aromatic N) is 1. The Balaban J connectivity index is 0.906. The first-order valence-corrected chi connectivity index (χ1v) is 40.2. The maximum absolute atomic E-state index is 15.4. The van der Waals surface area contributed by atoms with Crippen molar-refractivity contribution in [2.75, 3.05) is 13.7 Å². The first-order chi connectivity index (χ1) is 46.0. The lowest BCUT2D eigenvalue weighted by Gasteiger charge is -2.52. The van der Waals surface area contributed by atoms with E-state index in [0.29, 0.717) is 64.3 Å². The third-order valence-corrected chi connectivity index (χ3v) is 32.5. The summed E-state index contributed by atoms with van der Waals surface area (Å²) in [6.07, 6.45) is 1.14. The molecule has 97 heavy (non-hydrogen) atoms. The number of carbonyl (C=O) groups excluding carboxylic acids is 3. The molecule has 0 aromatic heterocycles. The molecule has 8 aliphatic heterocycles. The lowest BCUT2D eigenvalue weighted by atomic mass is 9.74. The molecule has 8 heterocycles. The van der Waals surface area contributed by atoms with Crippen LogP contribution in [0.1, 0.15) is 166 Å². The molecule has 8 saturated heterocycles. The van der Waals surface area contributed by atoms with Crippen molar-refractivity contribution in [1.29, 1.82) is 0 Å². The van der Waals surface area contributed by atoms with E-state index in [-0.39, 0.29) is 78.9 Å². The largest absolute Gasteiger partial charge is 0.444 e. The number of benzene rings is 4. The van der Waals surface area contributed by atoms with E-state index in [4.69, 9.17) is 42.6 Å². The Bertz CT molecular complexity index is 3320. The summed E-state index contributed by atoms with van der Waals surface area (Å²) in [7, 11) is -5.59. The van der Waals surface area contributed by atoms with Crippen LogP contribution in [0.25, 0.3) is 0 Å². The average molecular weight is 1360 g/mol. The molecular formula is C80H109NO14Si2. The molecule has 2 N–H and O–H groups in total. The Morgan fingerprint density at radius 3 is 1.68 bits per heavy atom. The van der Waals surface area contributed by atoms with Gasteiger partial charge in [-0.05, 0) is 140 Å². The molecule has 17 heteroatoms. The molecular weight excluding hydrogens is 1260 g/mol. The van der Waals surface area contributed by atoms with Crippen LogP contribution in [0.4, 0.5) is 4.79 Å². The molecule has 8 fully saturated rings. The monoisotopic (exact) mass is 1360 g/mol. The minimum Gasteiger partial charge on any atom is -0.444 e. The van der Waals surface area contributed by atoms with Crippen molar-refractivity contribution in [3.05, 3.63) is 146 Å². The standard InChI is InChI=1S/C80H109NO14Si2/c1-50-40-56-36-38-66-51(2)41-55(88-66)35-34-53(82)44-69-64(47-78(7,8)96(85,59-26-18-14-19-27-59)60-28-20-15-21-29-60)74-75(93-69)65(48-79(9,10)97(86,61-30-22-16-23-31-61)62-32-24-17-25-33-62)73-67(92-74)39-37-57(90-73)42-54(83)43-63-70(46-68(89-56)52(50)3)91-71(72(63)87-13)45-58-49-81(80(11,12)94-58)76(84)95-77(4,5)6/h14-33,50,55-58,63-75,85-86H,2-3,34-49H2,1,4-13H3/t50?,55?,56?,57?,58?,63?,64?,65?,66-,67?,68?,69?,70-,71+,72+,73+,74-,75?/m0/s1. The van der Waals surface area contributed by atoms with Gasteiger partial charge in [0.25, 0.3) is 16.6 Å². The van der Waals surface area contributed by atoms with Gasteiger partial charge < -0.3 is 52.2 Å². The van der Waals surface area contributed by atoms with Crippen LogP contribution in [-0.4, -0.2) is 159 Å². The van der Waals surface area contributed by atoms with Crippen molar-refractivity contribution in [3.8, 4) is 0 Å². The topological polar surface area (TPSA) is 178 Å². The maximum atomic E-state index is 15.4. The number of Topliss-reactive ketones (excluding diaryl/α,β-unsaturated/α-hetero) is 2. The summed E-state index contributed by atoms with van der Waals surface area (Å²) in [4.78, 5) is 73.5. The van der Waals surface area contributed by atoms with Crippen molar-refractivity contribution in [2.45, 2.75) is 272 Å². The van der Waals surface area contributed by atoms with E-state index in [1.54, 1.807) is 12.0 Å². The van der Waals surface area contributed by atoms with Gasteiger partial charge in [0.05, 0.1) is 92.0 Å². The Hall–Kier alpha value is -5.00. The fourth-order valence-corrected chi connectivity index (χ4v) is 26.1. The molecule has 0 aliphatic carbocycles. The summed E-state index contributed by atoms with van der Waals surface area (Å²) in [6.45, 7) is 29.8. The van der Waals surface area contributed by atoms with Gasteiger partial charge in [-0.1, -0.05) is 169 Å². The second kappa shape index (κ2) is 28.8. The second-order valence-corrected chi connectivity index (χ2v) is 40.5. The number of amides is 1. The number of hydrogen-bond acceptors (Lipinski definition) is 14. The van der Waals surface area contributed by atoms with E-state index >= 15 is 9.59 Å². The number of methoxy groups -OCH3 is 1. The van der Waals surface area contributed by atoms with Gasteiger partial charge >= 0.3 is 6.09 Å². The summed E-state index contributed by atoms with van der Waals surface area (Å²) in [6, 6.07) is 40.4. The molecule has 15 nitrogen and oxygen atoms in total. The predicted molar refractivity (Wildman–Crippen MR) is 380 cm³/mol. The minimum atomic E-state index is -3.67. The maximum Gasteiger partial charge on any atom is 0.412 e. The van der Waals surface area contributed by atoms with Crippen molar-refractivity contribution in [2.24, 2.45) is 23.7 Å². The van der Waals surface area contributed by atoms with Crippen molar-refractivity contribution in [3.63, 3.8) is 0 Å². The number of rotatable bonds is 13. The van der Waals surface area contributed by atoms with Gasteiger partial charge in [0, 0.05) is 63.4 Å². The third kappa shape index (κ3) is 14.9. The molecule has 8 aliphatic rings. The molecule has 4 aromatic carbocycles. The fourth-order valence-electron chi connectivity index (χ4n) is 18.6. The van der Waals surface area contributed by atoms with Crippen molar-refractivity contribution >= 4 is 55.0 Å². The van der Waals surface area contributed by atoms with Crippen LogP contribution in [0.15, 0.2) is 146 Å². The summed E-state index contributed by atoms with van der Waals surface area (Å²) in [5.74, 6) is -0.787. The zero-order valence-electron chi connectivity index (χ0n) is 59.4. The van der Waals surface area contributed by atoms with Crippen LogP contribution >= 0.6 is 0 Å². The summed E-state index contributed by atoms with van der Waals surface area (Å²) in [5.41, 5.74) is 0.396. The van der Waals surface area contributed by atoms with E-state index in [1.165, 1.54) is 0 Å². The van der Waals surface area contributed by atoms with E-state index in [9.17, 15) is 14.4 Å². The lowest BCUT2D eigenvalue weighted by molar-refractivity contribution is -0.242. The molecule has 0 saturated carbocycles. The number of fused-ring (bicyclic) bond motifs is 7. The molecule has 18 atom stereocenters. The number of ketones is 2. The highest BCUT2D eigenvalue weighted by Crippen LogP contribution is 2.56. The first-order valence-electron chi connectivity index (χ1n) is 36.3. The van der Waals surface area contributed by atoms with Crippen LogP contribution in [0.3, 0.4) is 0 Å². The van der Waals surface area contributed by atoms with Gasteiger partial charge in [-0.15, -0.1) is 0 Å². The smallest absolute Gasteiger partial charge is 0.412 e. The average Bonchev–Trinajstić information content (AvgIpc) is 1.72. The Morgan fingerprint density at radius 1 is 0.588 bits per heavy atom. The van der Waals surface area contributed by atoms with E-state index < -0.39 is 105 Å². The highest BCUT2D eigenvalue weighted by molar-refractivity contribution is 6.99. The first kappa shape index (κ1) is 71.8. The summed E-state index contributed by atoms with van der Waals surface area (Å²) < 4.78 is 62.9. The summed E-state index contributed by atoms with van der Waals surface area (Å²) >= 11 is 0. The van der Waals surface area contributed by atoms with E-state index in [2.05, 4.69) is 96.3 Å². The van der Waals surface area contributed by atoms with Crippen LogP contribution < -0.4 is 20.7 Å². The second-order valence-electron chi connectivity index (χ2n) is 32.7. The Kier molecular flexibility index (Phi) is 21.3. The van der Waals surface area contributed by atoms with Gasteiger partial charge in [-0.25, -0.2) is 4.79 Å². The lowest BCUT2D eigenvalue weighted by Crippen LogP contribution is -2.67. The fraction of sp³-hybridized carbons (Fsp3) is 0.613.